The van der Waals surface area contributed by atoms with E-state index in [9.17, 15) is 0 Å². The van der Waals surface area contributed by atoms with Gasteiger partial charge in [0, 0.05) is 5.69 Å². The lowest BCUT2D eigenvalue weighted by molar-refractivity contribution is 1.34. The van der Waals surface area contributed by atoms with Crippen molar-refractivity contribution in [2.45, 2.75) is 13.8 Å². The van der Waals surface area contributed by atoms with Crippen molar-refractivity contribution in [2.75, 3.05) is 5.32 Å². The molecule has 0 spiro atoms. The Bertz CT molecular complexity index is 307. The molecule has 0 amide bonds. The van der Waals surface area contributed by atoms with E-state index in [-0.39, 0.29) is 0 Å². The van der Waals surface area contributed by atoms with Crippen molar-refractivity contribution in [1.82, 2.24) is 0 Å². The lowest BCUT2D eigenvalue weighted by atomic mass is 10.1. The molecule has 0 bridgehead atoms. The Balaban J connectivity index is 2.89. The van der Waals surface area contributed by atoms with E-state index in [2.05, 4.69) is 43.9 Å². The van der Waals surface area contributed by atoms with Crippen molar-refractivity contribution in [3.8, 4) is 0 Å². The molecule has 1 N–H and O–H groups in total. The van der Waals surface area contributed by atoms with Crippen LogP contribution in [0.3, 0.4) is 0 Å². The normalized spacial score (nSPS) is 9.58. The summed E-state index contributed by atoms with van der Waals surface area (Å²) in [7, 11) is 0. The summed E-state index contributed by atoms with van der Waals surface area (Å²) >= 11 is 8.80. The molecule has 64 valence electrons. The van der Waals surface area contributed by atoms with Crippen molar-refractivity contribution in [1.29, 1.82) is 0 Å². The van der Waals surface area contributed by atoms with E-state index in [1.807, 2.05) is 6.07 Å². The van der Waals surface area contributed by atoms with Gasteiger partial charge >= 0.3 is 0 Å². The number of thiocarbonyl (C=S) groups is 1. The van der Waals surface area contributed by atoms with Crippen molar-refractivity contribution < 1.29 is 0 Å². The molecule has 0 saturated carbocycles. The summed E-state index contributed by atoms with van der Waals surface area (Å²) in [5, 5.41) is 2.97. The molecular formula is C9H11NS2. The van der Waals surface area contributed by atoms with Crippen LogP contribution in [0.5, 0.6) is 0 Å². The maximum atomic E-state index is 4.81. The standard InChI is InChI=1S/C9H11NS2/c1-6-3-4-8(5-7(6)2)10-9(11)12/h3-5H,1-2H3,(H2,10,11,12). The van der Waals surface area contributed by atoms with Crippen molar-refractivity contribution in [3.63, 3.8) is 0 Å². The van der Waals surface area contributed by atoms with Gasteiger partial charge in [0.1, 0.15) is 4.32 Å². The highest BCUT2D eigenvalue weighted by molar-refractivity contribution is 8.11. The second kappa shape index (κ2) is 3.92. The Hall–Kier alpha value is -0.540. The number of nitrogens with one attached hydrogen (secondary N) is 1. The number of aryl methyl sites for hydroxylation is 2. The molecule has 0 aliphatic heterocycles. The molecule has 0 unspecified atom stereocenters. The second-order valence-electron chi connectivity index (χ2n) is 2.73. The van der Waals surface area contributed by atoms with Crippen LogP contribution in [0.2, 0.25) is 0 Å². The van der Waals surface area contributed by atoms with E-state index in [1.54, 1.807) is 0 Å². The number of thiol groups is 1. The van der Waals surface area contributed by atoms with Crippen molar-refractivity contribution in [3.05, 3.63) is 29.3 Å². The largest absolute Gasteiger partial charge is 0.341 e. The predicted molar refractivity (Wildman–Crippen MR) is 61.1 cm³/mol. The highest BCUT2D eigenvalue weighted by Crippen LogP contribution is 2.14. The van der Waals surface area contributed by atoms with Crippen LogP contribution in [0, 0.1) is 13.8 Å². The maximum absolute atomic E-state index is 4.81. The first-order valence-electron chi connectivity index (χ1n) is 3.67. The highest BCUT2D eigenvalue weighted by Gasteiger charge is 1.95. The van der Waals surface area contributed by atoms with Gasteiger partial charge in [-0.3, -0.25) is 0 Å². The van der Waals surface area contributed by atoms with Gasteiger partial charge in [-0.05, 0) is 37.1 Å². The molecule has 1 nitrogen and oxygen atoms in total. The van der Waals surface area contributed by atoms with Gasteiger partial charge in [0.25, 0.3) is 0 Å². The number of anilines is 1. The van der Waals surface area contributed by atoms with Crippen LogP contribution in [0.25, 0.3) is 0 Å². The lowest BCUT2D eigenvalue weighted by Gasteiger charge is -2.05. The van der Waals surface area contributed by atoms with Crippen LogP contribution in [0.1, 0.15) is 11.1 Å². The minimum Gasteiger partial charge on any atom is -0.341 e. The quantitative estimate of drug-likeness (QED) is 0.530. The van der Waals surface area contributed by atoms with Gasteiger partial charge < -0.3 is 5.32 Å². The zero-order valence-electron chi connectivity index (χ0n) is 7.09. The summed E-state index contributed by atoms with van der Waals surface area (Å²) in [6.45, 7) is 4.15. The van der Waals surface area contributed by atoms with Crippen molar-refractivity contribution in [2.24, 2.45) is 0 Å². The summed E-state index contributed by atoms with van der Waals surface area (Å²) in [5.74, 6) is 0. The first-order valence-corrected chi connectivity index (χ1v) is 4.52. The minimum atomic E-state index is 0.498. The molecule has 0 fully saturated rings. The third kappa shape index (κ3) is 2.50. The molecule has 12 heavy (non-hydrogen) atoms. The Morgan fingerprint density at radius 2 is 2.00 bits per heavy atom. The van der Waals surface area contributed by atoms with Crippen LogP contribution in [0.15, 0.2) is 18.2 Å². The van der Waals surface area contributed by atoms with Crippen LogP contribution in [-0.4, -0.2) is 4.32 Å². The van der Waals surface area contributed by atoms with Gasteiger partial charge in [0.15, 0.2) is 0 Å². The molecule has 3 heteroatoms. The predicted octanol–water partition coefficient (Wildman–Crippen LogP) is 2.93. The third-order valence-electron chi connectivity index (χ3n) is 1.76. The van der Waals surface area contributed by atoms with E-state index >= 15 is 0 Å². The average molecular weight is 197 g/mol. The Labute approximate surface area is 83.6 Å². The second-order valence-corrected chi connectivity index (χ2v) is 3.89. The molecular weight excluding hydrogens is 186 g/mol. The van der Waals surface area contributed by atoms with Gasteiger partial charge in [0.05, 0.1) is 0 Å². The number of rotatable bonds is 1. The zero-order chi connectivity index (χ0) is 9.14. The Kier molecular flexibility index (Phi) is 3.12. The lowest BCUT2D eigenvalue weighted by Crippen LogP contribution is -2.00. The summed E-state index contributed by atoms with van der Waals surface area (Å²) in [6, 6.07) is 6.10. The molecule has 0 saturated heterocycles. The maximum Gasteiger partial charge on any atom is 0.135 e. The van der Waals surface area contributed by atoms with Crippen LogP contribution >= 0.6 is 24.8 Å². The molecule has 0 aliphatic rings. The molecule has 0 aliphatic carbocycles. The van der Waals surface area contributed by atoms with E-state index in [0.29, 0.717) is 4.32 Å². The highest BCUT2D eigenvalue weighted by atomic mass is 32.1. The molecule has 0 atom stereocenters. The van der Waals surface area contributed by atoms with Crippen molar-refractivity contribution >= 4 is 34.9 Å². The third-order valence-corrected chi connectivity index (χ3v) is 1.97. The SMILES string of the molecule is Cc1ccc(NC(=S)S)cc1C. The number of benzene rings is 1. The fourth-order valence-electron chi connectivity index (χ4n) is 0.943. The van der Waals surface area contributed by atoms with Gasteiger partial charge in [-0.25, -0.2) is 0 Å². The molecule has 1 aromatic rings. The van der Waals surface area contributed by atoms with E-state index < -0.39 is 0 Å². The molecule has 0 radical (unpaired) electrons. The summed E-state index contributed by atoms with van der Waals surface area (Å²) < 4.78 is 0.498. The molecule has 0 aromatic heterocycles. The van der Waals surface area contributed by atoms with Gasteiger partial charge in [-0.2, -0.15) is 0 Å². The fourth-order valence-corrected chi connectivity index (χ4v) is 1.19. The van der Waals surface area contributed by atoms with E-state index in [0.717, 1.165) is 5.69 Å². The molecule has 0 heterocycles. The zero-order valence-corrected chi connectivity index (χ0v) is 8.80. The average Bonchev–Trinajstić information content (AvgIpc) is 1.96. The van der Waals surface area contributed by atoms with Crippen LogP contribution in [0.4, 0.5) is 5.69 Å². The van der Waals surface area contributed by atoms with Gasteiger partial charge in [0.2, 0.25) is 0 Å². The Morgan fingerprint density at radius 3 is 2.50 bits per heavy atom. The summed E-state index contributed by atoms with van der Waals surface area (Å²) in [6.07, 6.45) is 0. The van der Waals surface area contributed by atoms with E-state index in [4.69, 9.17) is 12.2 Å². The molecule has 1 rings (SSSR count). The first-order chi connectivity index (χ1) is 5.59. The Morgan fingerprint density at radius 1 is 1.33 bits per heavy atom. The van der Waals surface area contributed by atoms with Crippen LogP contribution < -0.4 is 5.32 Å². The summed E-state index contributed by atoms with van der Waals surface area (Å²) in [4.78, 5) is 0. The fraction of sp³-hybridized carbons (Fsp3) is 0.222. The number of hydrogen-bond donors (Lipinski definition) is 2. The number of hydrogen-bond acceptors (Lipinski definition) is 1. The van der Waals surface area contributed by atoms with Gasteiger partial charge in [-0.1, -0.05) is 18.3 Å². The minimum absolute atomic E-state index is 0.498. The first kappa shape index (κ1) is 9.55. The molecule has 1 aromatic carbocycles. The summed E-state index contributed by atoms with van der Waals surface area (Å²) in [5.41, 5.74) is 3.54. The monoisotopic (exact) mass is 197 g/mol. The smallest absolute Gasteiger partial charge is 0.135 e. The van der Waals surface area contributed by atoms with Crippen LogP contribution in [-0.2, 0) is 0 Å². The van der Waals surface area contributed by atoms with Gasteiger partial charge in [-0.15, -0.1) is 12.6 Å². The topological polar surface area (TPSA) is 12.0 Å². The van der Waals surface area contributed by atoms with E-state index in [1.165, 1.54) is 11.1 Å².